The lowest BCUT2D eigenvalue weighted by atomic mass is 9.84. The molecule has 0 heterocycles. The van der Waals surface area contributed by atoms with E-state index in [1.807, 2.05) is 0 Å². The van der Waals surface area contributed by atoms with Gasteiger partial charge in [0, 0.05) is 6.04 Å². The summed E-state index contributed by atoms with van der Waals surface area (Å²) in [5.74, 6) is 6.45. The molecule has 0 fully saturated rings. The van der Waals surface area contributed by atoms with Crippen LogP contribution in [-0.4, -0.2) is 23.6 Å². The summed E-state index contributed by atoms with van der Waals surface area (Å²) < 4.78 is 0. The Labute approximate surface area is 199 Å². The SMILES string of the molecule is C.C.CC(C)CCC(CCC(C)C)C(C)C.CC(C)NCC(CSC(C)C)C(C)C. The first-order valence-corrected chi connectivity index (χ1v) is 13.3. The van der Waals surface area contributed by atoms with Gasteiger partial charge in [-0.05, 0) is 65.9 Å². The van der Waals surface area contributed by atoms with Crippen molar-refractivity contribution in [2.75, 3.05) is 12.3 Å². The summed E-state index contributed by atoms with van der Waals surface area (Å²) >= 11 is 2.08. The fourth-order valence-corrected chi connectivity index (χ4v) is 4.23. The van der Waals surface area contributed by atoms with E-state index in [1.54, 1.807) is 0 Å². The first kappa shape index (κ1) is 37.6. The molecule has 0 aliphatic rings. The molecule has 1 unspecified atom stereocenters. The third kappa shape index (κ3) is 26.3. The third-order valence-corrected chi connectivity index (χ3v) is 6.83. The summed E-state index contributed by atoms with van der Waals surface area (Å²) in [7, 11) is 0. The minimum absolute atomic E-state index is 0. The van der Waals surface area contributed by atoms with Crippen molar-refractivity contribution < 1.29 is 0 Å². The zero-order valence-electron chi connectivity index (χ0n) is 21.8. The fraction of sp³-hybridized carbons (Fsp3) is 1.00. The number of hydrogen-bond donors (Lipinski definition) is 1. The molecular weight excluding hydrogens is 382 g/mol. The molecule has 1 N–H and O–H groups in total. The zero-order valence-corrected chi connectivity index (χ0v) is 22.6. The normalized spacial score (nSPS) is 12.5. The Kier molecular flexibility index (Phi) is 28.2. The molecule has 0 spiro atoms. The molecule has 0 aromatic rings. The third-order valence-electron chi connectivity index (χ3n) is 5.55. The average molecular weight is 448 g/mol. The number of rotatable bonds is 14. The molecule has 0 radical (unpaired) electrons. The van der Waals surface area contributed by atoms with Gasteiger partial charge < -0.3 is 5.32 Å². The van der Waals surface area contributed by atoms with Crippen LogP contribution in [0, 0.1) is 35.5 Å². The summed E-state index contributed by atoms with van der Waals surface area (Å²) in [6.07, 6.45) is 5.67. The van der Waals surface area contributed by atoms with E-state index in [4.69, 9.17) is 0 Å². The van der Waals surface area contributed by atoms with Crippen LogP contribution < -0.4 is 5.32 Å². The Balaban J connectivity index is -0.000000211. The highest BCUT2D eigenvalue weighted by Gasteiger charge is 2.15. The smallest absolute Gasteiger partial charge is 0.00105 e. The summed E-state index contributed by atoms with van der Waals surface area (Å²) in [5.41, 5.74) is 0. The van der Waals surface area contributed by atoms with E-state index in [-0.39, 0.29) is 14.9 Å². The van der Waals surface area contributed by atoms with E-state index in [1.165, 1.54) is 31.4 Å². The Hall–Kier alpha value is 0.310. The summed E-state index contributed by atoms with van der Waals surface area (Å²) in [6, 6.07) is 0.611. The van der Waals surface area contributed by atoms with Crippen molar-refractivity contribution in [1.29, 1.82) is 0 Å². The molecule has 30 heavy (non-hydrogen) atoms. The Bertz CT molecular complexity index is 265. The minimum atomic E-state index is 0. The van der Waals surface area contributed by atoms with Crippen LogP contribution in [0.3, 0.4) is 0 Å². The van der Waals surface area contributed by atoms with Crippen molar-refractivity contribution in [1.82, 2.24) is 5.32 Å². The van der Waals surface area contributed by atoms with Crippen LogP contribution in [0.4, 0.5) is 0 Å². The van der Waals surface area contributed by atoms with E-state index < -0.39 is 0 Å². The van der Waals surface area contributed by atoms with Gasteiger partial charge in [0.05, 0.1) is 0 Å². The second kappa shape index (κ2) is 22.5. The van der Waals surface area contributed by atoms with E-state index in [0.717, 1.165) is 47.3 Å². The summed E-state index contributed by atoms with van der Waals surface area (Å²) in [4.78, 5) is 0. The molecule has 0 aliphatic carbocycles. The molecule has 0 rings (SSSR count). The topological polar surface area (TPSA) is 12.0 Å². The summed E-state index contributed by atoms with van der Waals surface area (Å²) in [6.45, 7) is 28.9. The van der Waals surface area contributed by atoms with Gasteiger partial charge in [-0.1, -0.05) is 111 Å². The Morgan fingerprint density at radius 2 is 0.967 bits per heavy atom. The van der Waals surface area contributed by atoms with Gasteiger partial charge in [-0.2, -0.15) is 11.8 Å². The van der Waals surface area contributed by atoms with Crippen LogP contribution >= 0.6 is 11.8 Å². The lowest BCUT2D eigenvalue weighted by molar-refractivity contribution is 0.292. The second-order valence-electron chi connectivity index (χ2n) is 10.9. The molecular formula is C28H65NS. The van der Waals surface area contributed by atoms with Crippen molar-refractivity contribution >= 4 is 11.8 Å². The van der Waals surface area contributed by atoms with Gasteiger partial charge in [0.25, 0.3) is 0 Å². The van der Waals surface area contributed by atoms with Gasteiger partial charge in [0.2, 0.25) is 0 Å². The zero-order chi connectivity index (χ0) is 22.3. The largest absolute Gasteiger partial charge is 0.314 e. The maximum absolute atomic E-state index is 3.54. The number of hydrogen-bond acceptors (Lipinski definition) is 2. The molecule has 0 amide bonds. The Morgan fingerprint density at radius 1 is 0.567 bits per heavy atom. The molecule has 0 aromatic heterocycles. The predicted octanol–water partition coefficient (Wildman–Crippen LogP) is 9.80. The lowest BCUT2D eigenvalue weighted by Gasteiger charge is -2.23. The van der Waals surface area contributed by atoms with E-state index >= 15 is 0 Å². The van der Waals surface area contributed by atoms with Gasteiger partial charge in [0.15, 0.2) is 0 Å². The van der Waals surface area contributed by atoms with Crippen molar-refractivity contribution in [3.63, 3.8) is 0 Å². The molecule has 0 saturated heterocycles. The van der Waals surface area contributed by atoms with Crippen molar-refractivity contribution in [2.45, 2.75) is 135 Å². The summed E-state index contributed by atoms with van der Waals surface area (Å²) in [5, 5.41) is 4.30. The van der Waals surface area contributed by atoms with Crippen molar-refractivity contribution in [3.8, 4) is 0 Å². The van der Waals surface area contributed by atoms with E-state index in [0.29, 0.717) is 6.04 Å². The minimum Gasteiger partial charge on any atom is -0.314 e. The standard InChI is InChI=1S/C14H30.C12H27NS.2CH4/c1-11(2)7-9-14(13(5)6)10-8-12(3)4;1-9(2)12(7-13-10(3)4)8-14-11(5)6;;/h11-14H,7-10H2,1-6H3;9-13H,7-8H2,1-6H3;2*1H4. The maximum Gasteiger partial charge on any atom is 0.00105 e. The van der Waals surface area contributed by atoms with Crippen LogP contribution in [0.2, 0.25) is 0 Å². The number of nitrogens with one attached hydrogen (secondary N) is 1. The van der Waals surface area contributed by atoms with E-state index in [2.05, 4.69) is 100 Å². The Morgan fingerprint density at radius 3 is 1.23 bits per heavy atom. The first-order valence-electron chi connectivity index (χ1n) is 12.2. The molecule has 0 saturated carbocycles. The van der Waals surface area contributed by atoms with Crippen LogP contribution in [0.25, 0.3) is 0 Å². The first-order chi connectivity index (χ1) is 12.9. The van der Waals surface area contributed by atoms with Gasteiger partial charge in [-0.25, -0.2) is 0 Å². The van der Waals surface area contributed by atoms with Gasteiger partial charge in [-0.3, -0.25) is 0 Å². The molecule has 0 aromatic carbocycles. The molecule has 188 valence electrons. The number of thioether (sulfide) groups is 1. The van der Waals surface area contributed by atoms with Gasteiger partial charge >= 0.3 is 0 Å². The monoisotopic (exact) mass is 447 g/mol. The van der Waals surface area contributed by atoms with Crippen molar-refractivity contribution in [2.24, 2.45) is 35.5 Å². The second-order valence-corrected chi connectivity index (χ2v) is 12.5. The van der Waals surface area contributed by atoms with Gasteiger partial charge in [-0.15, -0.1) is 0 Å². The molecule has 0 bridgehead atoms. The average Bonchev–Trinajstić information content (AvgIpc) is 2.53. The molecule has 0 aliphatic heterocycles. The lowest BCUT2D eigenvalue weighted by Crippen LogP contribution is -2.32. The molecule has 2 heteroatoms. The van der Waals surface area contributed by atoms with Crippen molar-refractivity contribution in [3.05, 3.63) is 0 Å². The van der Waals surface area contributed by atoms with Crippen LogP contribution in [0.15, 0.2) is 0 Å². The molecule has 1 nitrogen and oxygen atoms in total. The highest BCUT2D eigenvalue weighted by Crippen LogP contribution is 2.26. The van der Waals surface area contributed by atoms with Crippen LogP contribution in [-0.2, 0) is 0 Å². The highest BCUT2D eigenvalue weighted by atomic mass is 32.2. The molecule has 1 atom stereocenters. The van der Waals surface area contributed by atoms with E-state index in [9.17, 15) is 0 Å². The quantitative estimate of drug-likeness (QED) is 0.284. The van der Waals surface area contributed by atoms with Crippen LogP contribution in [0.1, 0.15) is 124 Å². The highest BCUT2D eigenvalue weighted by molar-refractivity contribution is 7.99. The van der Waals surface area contributed by atoms with Crippen LogP contribution in [0.5, 0.6) is 0 Å². The fourth-order valence-electron chi connectivity index (χ4n) is 3.10. The maximum atomic E-state index is 3.54. The van der Waals surface area contributed by atoms with Gasteiger partial charge in [0.1, 0.15) is 0 Å². The predicted molar refractivity (Wildman–Crippen MR) is 149 cm³/mol.